The third-order valence-corrected chi connectivity index (χ3v) is 2.32. The zero-order chi connectivity index (χ0) is 12.1. The highest BCUT2D eigenvalue weighted by atomic mass is 16.1. The molecule has 17 heavy (non-hydrogen) atoms. The van der Waals surface area contributed by atoms with E-state index in [4.69, 9.17) is 5.73 Å². The fourth-order valence-electron chi connectivity index (χ4n) is 1.49. The number of para-hydroxylation sites is 2. The predicted molar refractivity (Wildman–Crippen MR) is 67.4 cm³/mol. The molecule has 0 saturated carbocycles. The van der Waals surface area contributed by atoms with Crippen LogP contribution in [0.1, 0.15) is 5.56 Å². The van der Waals surface area contributed by atoms with Gasteiger partial charge in [0, 0.05) is 12.4 Å². The lowest BCUT2D eigenvalue weighted by atomic mass is 10.2. The van der Waals surface area contributed by atoms with Crippen molar-refractivity contribution in [3.63, 3.8) is 0 Å². The first-order valence-corrected chi connectivity index (χ1v) is 5.29. The van der Waals surface area contributed by atoms with Crippen molar-refractivity contribution in [1.29, 1.82) is 0 Å². The molecule has 2 aromatic rings. The number of pyridine rings is 1. The van der Waals surface area contributed by atoms with Gasteiger partial charge >= 0.3 is 0 Å². The summed E-state index contributed by atoms with van der Waals surface area (Å²) >= 11 is 0. The molecular formula is C13H13N3O. The Morgan fingerprint density at radius 1 is 1.24 bits per heavy atom. The summed E-state index contributed by atoms with van der Waals surface area (Å²) in [6.45, 7) is 0. The molecule has 0 spiro atoms. The Bertz CT molecular complexity index is 511. The number of hydrogen-bond acceptors (Lipinski definition) is 3. The Labute approximate surface area is 99.5 Å². The number of nitrogens with one attached hydrogen (secondary N) is 1. The first kappa shape index (κ1) is 11.1. The molecule has 0 bridgehead atoms. The van der Waals surface area contributed by atoms with Gasteiger partial charge < -0.3 is 11.1 Å². The van der Waals surface area contributed by atoms with Crippen LogP contribution in [0, 0.1) is 0 Å². The second-order valence-electron chi connectivity index (χ2n) is 3.67. The van der Waals surface area contributed by atoms with Gasteiger partial charge in [0.25, 0.3) is 0 Å². The van der Waals surface area contributed by atoms with E-state index >= 15 is 0 Å². The zero-order valence-corrected chi connectivity index (χ0v) is 9.26. The van der Waals surface area contributed by atoms with Crippen LogP contribution < -0.4 is 11.1 Å². The van der Waals surface area contributed by atoms with Gasteiger partial charge in [-0.1, -0.05) is 18.2 Å². The van der Waals surface area contributed by atoms with E-state index in [9.17, 15) is 4.79 Å². The number of nitrogens with two attached hydrogens (primary N) is 1. The second-order valence-corrected chi connectivity index (χ2v) is 3.67. The van der Waals surface area contributed by atoms with Gasteiger partial charge in [-0.05, 0) is 23.8 Å². The van der Waals surface area contributed by atoms with E-state index in [1.165, 1.54) is 0 Å². The Hall–Kier alpha value is -2.36. The molecule has 1 aromatic heterocycles. The molecular weight excluding hydrogens is 214 g/mol. The van der Waals surface area contributed by atoms with Crippen LogP contribution in [0.25, 0.3) is 0 Å². The minimum Gasteiger partial charge on any atom is -0.397 e. The van der Waals surface area contributed by atoms with Gasteiger partial charge in [0.2, 0.25) is 5.91 Å². The van der Waals surface area contributed by atoms with E-state index in [1.807, 2.05) is 18.2 Å². The number of carbonyl (C=O) groups excluding carboxylic acids is 1. The predicted octanol–water partition coefficient (Wildman–Crippen LogP) is 1.84. The van der Waals surface area contributed by atoms with Crippen LogP contribution in [0.15, 0.2) is 48.8 Å². The molecule has 0 aliphatic rings. The molecule has 3 N–H and O–H groups in total. The largest absolute Gasteiger partial charge is 0.397 e. The van der Waals surface area contributed by atoms with E-state index < -0.39 is 0 Å². The Kier molecular flexibility index (Phi) is 3.35. The Morgan fingerprint density at radius 2 is 2.06 bits per heavy atom. The minimum absolute atomic E-state index is 0.101. The van der Waals surface area contributed by atoms with Crippen LogP contribution in [-0.2, 0) is 11.2 Å². The normalized spacial score (nSPS) is 9.88. The summed E-state index contributed by atoms with van der Waals surface area (Å²) in [5.41, 5.74) is 7.81. The van der Waals surface area contributed by atoms with Crippen LogP contribution >= 0.6 is 0 Å². The fraction of sp³-hybridized carbons (Fsp3) is 0.0769. The zero-order valence-electron chi connectivity index (χ0n) is 9.26. The highest BCUT2D eigenvalue weighted by Gasteiger charge is 2.05. The maximum absolute atomic E-state index is 11.7. The number of anilines is 2. The summed E-state index contributed by atoms with van der Waals surface area (Å²) in [4.78, 5) is 15.7. The van der Waals surface area contributed by atoms with Gasteiger partial charge in [-0.15, -0.1) is 0 Å². The molecule has 1 aromatic carbocycles. The number of benzene rings is 1. The molecule has 0 fully saturated rings. The highest BCUT2D eigenvalue weighted by Crippen LogP contribution is 2.16. The van der Waals surface area contributed by atoms with E-state index in [2.05, 4.69) is 10.3 Å². The Morgan fingerprint density at radius 3 is 2.76 bits per heavy atom. The van der Waals surface area contributed by atoms with Crippen molar-refractivity contribution in [3.05, 3.63) is 54.4 Å². The van der Waals surface area contributed by atoms with Crippen LogP contribution in [0.5, 0.6) is 0 Å². The van der Waals surface area contributed by atoms with Crippen molar-refractivity contribution >= 4 is 17.3 Å². The van der Waals surface area contributed by atoms with Crippen LogP contribution in [0.4, 0.5) is 11.4 Å². The fourth-order valence-corrected chi connectivity index (χ4v) is 1.49. The van der Waals surface area contributed by atoms with Gasteiger partial charge in [0.1, 0.15) is 0 Å². The number of amides is 1. The van der Waals surface area contributed by atoms with Gasteiger partial charge in [-0.25, -0.2) is 0 Å². The van der Waals surface area contributed by atoms with E-state index in [0.717, 1.165) is 5.56 Å². The third-order valence-electron chi connectivity index (χ3n) is 2.32. The molecule has 0 atom stereocenters. The molecule has 1 heterocycles. The van der Waals surface area contributed by atoms with Gasteiger partial charge in [0.15, 0.2) is 0 Å². The minimum atomic E-state index is -0.101. The van der Waals surface area contributed by atoms with Gasteiger partial charge in [-0.2, -0.15) is 0 Å². The lowest BCUT2D eigenvalue weighted by Crippen LogP contribution is -2.15. The lowest BCUT2D eigenvalue weighted by Gasteiger charge is -2.07. The summed E-state index contributed by atoms with van der Waals surface area (Å²) < 4.78 is 0. The molecule has 0 radical (unpaired) electrons. The lowest BCUT2D eigenvalue weighted by molar-refractivity contribution is -0.115. The average molecular weight is 227 g/mol. The van der Waals surface area contributed by atoms with Crippen molar-refractivity contribution < 1.29 is 4.79 Å². The summed E-state index contributed by atoms with van der Waals surface area (Å²) in [5.74, 6) is -0.101. The van der Waals surface area contributed by atoms with Crippen molar-refractivity contribution in [3.8, 4) is 0 Å². The first-order chi connectivity index (χ1) is 8.25. The second kappa shape index (κ2) is 5.12. The topological polar surface area (TPSA) is 68.0 Å². The standard InChI is InChI=1S/C13H13N3O/c14-11-5-1-2-6-12(11)16-13(17)8-10-4-3-7-15-9-10/h1-7,9H,8,14H2,(H,16,17). The molecule has 4 heteroatoms. The first-order valence-electron chi connectivity index (χ1n) is 5.29. The van der Waals surface area contributed by atoms with Crippen molar-refractivity contribution in [2.45, 2.75) is 6.42 Å². The maximum atomic E-state index is 11.7. The van der Waals surface area contributed by atoms with Crippen LogP contribution in [0.2, 0.25) is 0 Å². The summed E-state index contributed by atoms with van der Waals surface area (Å²) in [7, 11) is 0. The number of rotatable bonds is 3. The molecule has 0 unspecified atom stereocenters. The number of hydrogen-bond donors (Lipinski definition) is 2. The number of aromatic nitrogens is 1. The molecule has 0 aliphatic carbocycles. The van der Waals surface area contributed by atoms with Gasteiger partial charge in [0.05, 0.1) is 17.8 Å². The highest BCUT2D eigenvalue weighted by molar-refractivity contribution is 5.94. The summed E-state index contributed by atoms with van der Waals surface area (Å²) in [5, 5.41) is 2.77. The van der Waals surface area contributed by atoms with Crippen molar-refractivity contribution in [1.82, 2.24) is 4.98 Å². The molecule has 2 rings (SSSR count). The number of nitrogen functional groups attached to an aromatic ring is 1. The van der Waals surface area contributed by atoms with Crippen molar-refractivity contribution in [2.24, 2.45) is 0 Å². The summed E-state index contributed by atoms with van der Waals surface area (Å²) in [6, 6.07) is 10.8. The van der Waals surface area contributed by atoms with E-state index in [-0.39, 0.29) is 5.91 Å². The molecule has 1 amide bonds. The van der Waals surface area contributed by atoms with Crippen LogP contribution in [-0.4, -0.2) is 10.9 Å². The molecule has 0 saturated heterocycles. The van der Waals surface area contributed by atoms with Crippen LogP contribution in [0.3, 0.4) is 0 Å². The molecule has 0 aliphatic heterocycles. The number of carbonyl (C=O) groups is 1. The Balaban J connectivity index is 2.01. The van der Waals surface area contributed by atoms with Crippen molar-refractivity contribution in [2.75, 3.05) is 11.1 Å². The monoisotopic (exact) mass is 227 g/mol. The quantitative estimate of drug-likeness (QED) is 0.786. The third kappa shape index (κ3) is 3.04. The van der Waals surface area contributed by atoms with E-state index in [0.29, 0.717) is 17.8 Å². The molecule has 86 valence electrons. The summed E-state index contributed by atoms with van der Waals surface area (Å²) in [6.07, 6.45) is 3.65. The van der Waals surface area contributed by atoms with E-state index in [1.54, 1.807) is 30.6 Å². The SMILES string of the molecule is Nc1ccccc1NC(=O)Cc1cccnc1. The maximum Gasteiger partial charge on any atom is 0.228 e. The average Bonchev–Trinajstić information content (AvgIpc) is 2.33. The molecule has 4 nitrogen and oxygen atoms in total. The van der Waals surface area contributed by atoms with Gasteiger partial charge in [-0.3, -0.25) is 9.78 Å². The smallest absolute Gasteiger partial charge is 0.228 e. The number of nitrogens with zero attached hydrogens (tertiary/aromatic N) is 1.